The van der Waals surface area contributed by atoms with E-state index in [4.69, 9.17) is 16.3 Å². The molecule has 0 bridgehead atoms. The topological polar surface area (TPSA) is 38.2 Å². The van der Waals surface area contributed by atoms with Crippen LogP contribution < -0.4 is 4.90 Å². The number of halogens is 1. The van der Waals surface area contributed by atoms with Crippen molar-refractivity contribution in [3.05, 3.63) is 41.2 Å². The van der Waals surface area contributed by atoms with Gasteiger partial charge in [0, 0.05) is 32.5 Å². The molecule has 0 unspecified atom stereocenters. The van der Waals surface area contributed by atoms with Crippen LogP contribution >= 0.6 is 11.6 Å². The minimum atomic E-state index is 0.422. The van der Waals surface area contributed by atoms with E-state index < -0.39 is 0 Å². The maximum atomic E-state index is 6.00. The minimum Gasteiger partial charge on any atom is -0.378 e. The summed E-state index contributed by atoms with van der Waals surface area (Å²) in [5.74, 6) is 0.616. The van der Waals surface area contributed by atoms with E-state index in [2.05, 4.69) is 9.97 Å². The maximum Gasteiger partial charge on any atom is 0.161 e. The number of nitrogens with zero attached hydrogens (tertiary/aromatic N) is 3. The summed E-state index contributed by atoms with van der Waals surface area (Å²) in [6, 6.07) is 9.73. The fraction of sp³-hybridized carbons (Fsp3) is 0.286. The predicted molar refractivity (Wildman–Crippen MR) is 77.5 cm³/mol. The summed E-state index contributed by atoms with van der Waals surface area (Å²) in [4.78, 5) is 10.7. The molecular weight excluding hydrogens is 262 g/mol. The number of hydrogen-bond donors (Lipinski definition) is 0. The number of hydrogen-bond acceptors (Lipinski definition) is 4. The highest BCUT2D eigenvalue weighted by Crippen LogP contribution is 2.21. The zero-order valence-electron chi connectivity index (χ0n) is 11.2. The molecule has 0 atom stereocenters. The lowest BCUT2D eigenvalue weighted by molar-refractivity contribution is 0.181. The van der Waals surface area contributed by atoms with Crippen LogP contribution in [0.4, 0.5) is 5.69 Å². The Labute approximate surface area is 118 Å². The van der Waals surface area contributed by atoms with E-state index in [1.807, 2.05) is 43.3 Å². The molecule has 4 nitrogen and oxygen atoms in total. The van der Waals surface area contributed by atoms with E-state index in [1.54, 1.807) is 13.2 Å². The fourth-order valence-electron chi connectivity index (χ4n) is 1.72. The second kappa shape index (κ2) is 5.99. The van der Waals surface area contributed by atoms with Gasteiger partial charge in [-0.3, -0.25) is 0 Å². The third kappa shape index (κ3) is 3.43. The highest BCUT2D eigenvalue weighted by atomic mass is 35.5. The molecule has 1 aromatic heterocycles. The van der Waals surface area contributed by atoms with Gasteiger partial charge >= 0.3 is 0 Å². The Morgan fingerprint density at radius 2 is 1.84 bits per heavy atom. The van der Waals surface area contributed by atoms with E-state index in [0.29, 0.717) is 17.6 Å². The standard InChI is InChI=1S/C14H16ClN3O/c1-18(2)12-6-4-10(5-7-12)14-16-11(9-19-3)8-13(15)17-14/h4-8H,9H2,1-3H3. The molecule has 0 radical (unpaired) electrons. The third-order valence-corrected chi connectivity index (χ3v) is 2.88. The molecule has 0 fully saturated rings. The number of methoxy groups -OCH3 is 1. The molecule has 2 rings (SSSR count). The summed E-state index contributed by atoms with van der Waals surface area (Å²) in [7, 11) is 5.63. The molecular formula is C14H16ClN3O. The lowest BCUT2D eigenvalue weighted by atomic mass is 10.2. The summed E-state index contributed by atoms with van der Waals surface area (Å²) >= 11 is 6.00. The fourth-order valence-corrected chi connectivity index (χ4v) is 1.93. The van der Waals surface area contributed by atoms with Crippen LogP contribution in [-0.4, -0.2) is 31.2 Å². The van der Waals surface area contributed by atoms with Gasteiger partial charge in [-0.25, -0.2) is 9.97 Å². The highest BCUT2D eigenvalue weighted by Gasteiger charge is 2.06. The predicted octanol–water partition coefficient (Wildman–Crippen LogP) is 3.01. The van der Waals surface area contributed by atoms with Gasteiger partial charge in [-0.05, 0) is 30.3 Å². The van der Waals surface area contributed by atoms with Crippen LogP contribution in [0.25, 0.3) is 11.4 Å². The van der Waals surface area contributed by atoms with Crippen molar-refractivity contribution in [1.82, 2.24) is 9.97 Å². The van der Waals surface area contributed by atoms with Crippen molar-refractivity contribution in [1.29, 1.82) is 0 Å². The van der Waals surface area contributed by atoms with E-state index in [-0.39, 0.29) is 0 Å². The number of aromatic nitrogens is 2. The van der Waals surface area contributed by atoms with Gasteiger partial charge < -0.3 is 9.64 Å². The van der Waals surface area contributed by atoms with Gasteiger partial charge in [0.1, 0.15) is 5.15 Å². The van der Waals surface area contributed by atoms with Crippen molar-refractivity contribution >= 4 is 17.3 Å². The van der Waals surface area contributed by atoms with Gasteiger partial charge in [-0.1, -0.05) is 11.6 Å². The smallest absolute Gasteiger partial charge is 0.161 e. The van der Waals surface area contributed by atoms with E-state index >= 15 is 0 Å². The zero-order chi connectivity index (χ0) is 13.8. The van der Waals surface area contributed by atoms with E-state index in [9.17, 15) is 0 Å². The average molecular weight is 278 g/mol. The first-order valence-electron chi connectivity index (χ1n) is 5.90. The molecule has 1 heterocycles. The monoisotopic (exact) mass is 277 g/mol. The molecule has 0 aliphatic heterocycles. The Bertz CT molecular complexity index is 555. The zero-order valence-corrected chi connectivity index (χ0v) is 12.0. The molecule has 0 saturated heterocycles. The van der Waals surface area contributed by atoms with Crippen LogP contribution in [-0.2, 0) is 11.3 Å². The van der Waals surface area contributed by atoms with Crippen molar-refractivity contribution in [2.45, 2.75) is 6.61 Å². The SMILES string of the molecule is COCc1cc(Cl)nc(-c2ccc(N(C)C)cc2)n1. The highest BCUT2D eigenvalue weighted by molar-refractivity contribution is 6.29. The Morgan fingerprint density at radius 1 is 1.16 bits per heavy atom. The number of ether oxygens (including phenoxy) is 1. The molecule has 100 valence electrons. The Morgan fingerprint density at radius 3 is 2.42 bits per heavy atom. The molecule has 0 N–H and O–H groups in total. The van der Waals surface area contributed by atoms with Crippen LogP contribution in [0.1, 0.15) is 5.69 Å². The average Bonchev–Trinajstić information content (AvgIpc) is 2.38. The van der Waals surface area contributed by atoms with Gasteiger partial charge in [0.15, 0.2) is 5.82 Å². The van der Waals surface area contributed by atoms with Gasteiger partial charge in [0.05, 0.1) is 12.3 Å². The molecule has 0 spiro atoms. The van der Waals surface area contributed by atoms with E-state index in [0.717, 1.165) is 16.9 Å². The van der Waals surface area contributed by atoms with Crippen molar-refractivity contribution in [2.24, 2.45) is 0 Å². The van der Waals surface area contributed by atoms with Gasteiger partial charge in [-0.15, -0.1) is 0 Å². The van der Waals surface area contributed by atoms with Crippen molar-refractivity contribution in [3.8, 4) is 11.4 Å². The molecule has 0 saturated carbocycles. The molecule has 5 heteroatoms. The van der Waals surface area contributed by atoms with Crippen molar-refractivity contribution in [2.75, 3.05) is 26.1 Å². The van der Waals surface area contributed by atoms with Crippen molar-refractivity contribution < 1.29 is 4.74 Å². The van der Waals surface area contributed by atoms with Gasteiger partial charge in [0.25, 0.3) is 0 Å². The first-order chi connectivity index (χ1) is 9.10. The Kier molecular flexibility index (Phi) is 4.35. The molecule has 1 aromatic carbocycles. The van der Waals surface area contributed by atoms with Crippen LogP contribution in [0.3, 0.4) is 0 Å². The molecule has 0 amide bonds. The summed E-state index contributed by atoms with van der Waals surface area (Å²) in [5.41, 5.74) is 2.84. The molecule has 2 aromatic rings. The lowest BCUT2D eigenvalue weighted by Crippen LogP contribution is -2.08. The third-order valence-electron chi connectivity index (χ3n) is 2.68. The van der Waals surface area contributed by atoms with Crippen LogP contribution in [0, 0.1) is 0 Å². The summed E-state index contributed by atoms with van der Waals surface area (Å²) in [6.45, 7) is 0.422. The Balaban J connectivity index is 2.35. The molecule has 0 aliphatic carbocycles. The summed E-state index contributed by atoms with van der Waals surface area (Å²) in [6.07, 6.45) is 0. The quantitative estimate of drug-likeness (QED) is 0.805. The summed E-state index contributed by atoms with van der Waals surface area (Å²) in [5, 5.41) is 0.425. The van der Waals surface area contributed by atoms with Gasteiger partial charge in [-0.2, -0.15) is 0 Å². The maximum absolute atomic E-state index is 6.00. The normalized spacial score (nSPS) is 10.5. The second-order valence-corrected chi connectivity index (χ2v) is 4.77. The molecule has 0 aliphatic rings. The first kappa shape index (κ1) is 13.8. The van der Waals surface area contributed by atoms with Crippen molar-refractivity contribution in [3.63, 3.8) is 0 Å². The van der Waals surface area contributed by atoms with Gasteiger partial charge in [0.2, 0.25) is 0 Å². The Hall–Kier alpha value is -1.65. The number of anilines is 1. The second-order valence-electron chi connectivity index (χ2n) is 4.38. The number of benzene rings is 1. The van der Waals surface area contributed by atoms with Crippen LogP contribution in [0.5, 0.6) is 0 Å². The first-order valence-corrected chi connectivity index (χ1v) is 6.28. The number of rotatable bonds is 4. The molecule has 19 heavy (non-hydrogen) atoms. The lowest BCUT2D eigenvalue weighted by Gasteiger charge is -2.12. The summed E-state index contributed by atoms with van der Waals surface area (Å²) < 4.78 is 5.07. The van der Waals surface area contributed by atoms with E-state index in [1.165, 1.54) is 0 Å². The minimum absolute atomic E-state index is 0.422. The largest absolute Gasteiger partial charge is 0.378 e. The van der Waals surface area contributed by atoms with Crippen LogP contribution in [0.15, 0.2) is 30.3 Å². The van der Waals surface area contributed by atoms with Crippen LogP contribution in [0.2, 0.25) is 5.15 Å².